The lowest BCUT2D eigenvalue weighted by atomic mass is 9.47. The zero-order chi connectivity index (χ0) is 35.3. The van der Waals surface area contributed by atoms with Gasteiger partial charge in [0.15, 0.2) is 0 Å². The molecule has 4 aliphatic carbocycles. The number of alkyl carbamates (subject to hydrolysis) is 1. The van der Waals surface area contributed by atoms with Crippen LogP contribution >= 0.6 is 0 Å². The standard InChI is InChI=1S/C40H71NO8/c1-29(2)8-6-9-30(3)35-12-13-36-34-11-10-31-26-33(14-16-39(31,4)37(34)15-17-40(35,36)5)49-38(44)41-18-7-19-45-20-21-46-22-23-47-24-25-48-28-32(43)27-42/h10,29-30,32-37,42-43H,6-9,11-28H2,1-5H3,(H,41,44)/t30-,32?,33+,34+,35-,36+,37+,39+,40-/m1/s1. The summed E-state index contributed by atoms with van der Waals surface area (Å²) in [6.07, 6.45) is 16.1. The van der Waals surface area contributed by atoms with Crippen LogP contribution in [-0.2, 0) is 23.7 Å². The molecule has 3 fully saturated rings. The summed E-state index contributed by atoms with van der Waals surface area (Å²) in [7, 11) is 0. The minimum atomic E-state index is -0.846. The second-order valence-electron chi connectivity index (χ2n) is 16.6. The first-order chi connectivity index (χ1) is 23.6. The van der Waals surface area contributed by atoms with Crippen molar-refractivity contribution in [3.05, 3.63) is 11.6 Å². The molecule has 0 spiro atoms. The predicted molar refractivity (Wildman–Crippen MR) is 192 cm³/mol. The molecule has 9 nitrogen and oxygen atoms in total. The first-order valence-electron chi connectivity index (χ1n) is 19.8. The SMILES string of the molecule is CC(C)CCC[C@@H](C)[C@H]1CC[C@H]2[C@@H]3CC=C4C[C@@H](OC(=O)NCCCOCCOCCOCCOCC(O)CO)CC[C@]4(C)[C@H]3CC[C@]12C. The molecule has 0 aromatic carbocycles. The van der Waals surface area contributed by atoms with E-state index in [1.54, 1.807) is 5.57 Å². The van der Waals surface area contributed by atoms with E-state index in [0.717, 1.165) is 61.2 Å². The zero-order valence-corrected chi connectivity index (χ0v) is 31.6. The fourth-order valence-electron chi connectivity index (χ4n) is 10.2. The van der Waals surface area contributed by atoms with Gasteiger partial charge in [0, 0.05) is 19.6 Å². The van der Waals surface area contributed by atoms with Gasteiger partial charge >= 0.3 is 6.09 Å². The van der Waals surface area contributed by atoms with Crippen molar-refractivity contribution >= 4 is 6.09 Å². The maximum absolute atomic E-state index is 12.6. The van der Waals surface area contributed by atoms with Crippen LogP contribution in [-0.4, -0.2) is 94.5 Å². The van der Waals surface area contributed by atoms with Gasteiger partial charge < -0.3 is 39.2 Å². The zero-order valence-electron chi connectivity index (χ0n) is 31.6. The Balaban J connectivity index is 1.07. The molecule has 4 aliphatic rings. The lowest BCUT2D eigenvalue weighted by molar-refractivity contribution is -0.0581. The van der Waals surface area contributed by atoms with E-state index >= 15 is 0 Å². The number of aliphatic hydroxyl groups is 2. The topological polar surface area (TPSA) is 116 Å². The number of allylic oxidation sites excluding steroid dienone is 1. The molecule has 3 N–H and O–H groups in total. The Kier molecular flexibility index (Phi) is 16.7. The number of carbonyl (C=O) groups is 1. The van der Waals surface area contributed by atoms with Crippen LogP contribution in [0.1, 0.15) is 112 Å². The molecule has 284 valence electrons. The average molecular weight is 694 g/mol. The van der Waals surface area contributed by atoms with Gasteiger partial charge in [0.05, 0.1) is 52.9 Å². The molecule has 9 heteroatoms. The summed E-state index contributed by atoms with van der Waals surface area (Å²) in [6.45, 7) is 16.0. The molecule has 49 heavy (non-hydrogen) atoms. The van der Waals surface area contributed by atoms with Crippen molar-refractivity contribution in [2.45, 2.75) is 124 Å². The Morgan fingerprint density at radius 3 is 2.27 bits per heavy atom. The molecule has 0 radical (unpaired) electrons. The Hall–Kier alpha value is -1.23. The van der Waals surface area contributed by atoms with Crippen molar-refractivity contribution in [1.82, 2.24) is 5.32 Å². The number of amides is 1. The third-order valence-electron chi connectivity index (χ3n) is 12.9. The number of fused-ring (bicyclic) bond motifs is 5. The van der Waals surface area contributed by atoms with Crippen LogP contribution in [0.5, 0.6) is 0 Å². The lowest BCUT2D eigenvalue weighted by Crippen LogP contribution is -2.51. The predicted octanol–water partition coefficient (Wildman–Crippen LogP) is 6.93. The van der Waals surface area contributed by atoms with Crippen molar-refractivity contribution < 1.29 is 38.7 Å². The van der Waals surface area contributed by atoms with Gasteiger partial charge in [-0.25, -0.2) is 4.79 Å². The van der Waals surface area contributed by atoms with Crippen molar-refractivity contribution in [3.63, 3.8) is 0 Å². The van der Waals surface area contributed by atoms with Crippen LogP contribution in [0.25, 0.3) is 0 Å². The van der Waals surface area contributed by atoms with Gasteiger partial charge in [0.2, 0.25) is 0 Å². The first-order valence-corrected chi connectivity index (χ1v) is 19.8. The van der Waals surface area contributed by atoms with Crippen molar-refractivity contribution in [1.29, 1.82) is 0 Å². The summed E-state index contributed by atoms with van der Waals surface area (Å²) >= 11 is 0. The van der Waals surface area contributed by atoms with Gasteiger partial charge in [-0.05, 0) is 97.7 Å². The van der Waals surface area contributed by atoms with E-state index in [2.05, 4.69) is 46.0 Å². The Morgan fingerprint density at radius 1 is 0.878 bits per heavy atom. The molecule has 9 atom stereocenters. The van der Waals surface area contributed by atoms with Crippen LogP contribution < -0.4 is 5.32 Å². The Morgan fingerprint density at radius 2 is 1.57 bits per heavy atom. The molecule has 0 bridgehead atoms. The van der Waals surface area contributed by atoms with Gasteiger partial charge in [0.25, 0.3) is 0 Å². The number of hydrogen-bond acceptors (Lipinski definition) is 8. The third-order valence-corrected chi connectivity index (χ3v) is 12.9. The Labute approximate surface area is 297 Å². The van der Waals surface area contributed by atoms with Gasteiger partial charge in [0.1, 0.15) is 12.2 Å². The second-order valence-corrected chi connectivity index (χ2v) is 16.6. The van der Waals surface area contributed by atoms with Gasteiger partial charge in [-0.2, -0.15) is 0 Å². The van der Waals surface area contributed by atoms with E-state index in [9.17, 15) is 9.90 Å². The van der Waals surface area contributed by atoms with E-state index in [-0.39, 0.29) is 30.8 Å². The van der Waals surface area contributed by atoms with Crippen molar-refractivity contribution in [2.24, 2.45) is 46.3 Å². The fourth-order valence-corrected chi connectivity index (χ4v) is 10.2. The average Bonchev–Trinajstić information content (AvgIpc) is 3.43. The van der Waals surface area contributed by atoms with E-state index in [4.69, 9.17) is 28.8 Å². The summed E-state index contributed by atoms with van der Waals surface area (Å²) in [5.41, 5.74) is 2.33. The van der Waals surface area contributed by atoms with Gasteiger partial charge in [-0.3, -0.25) is 0 Å². The van der Waals surface area contributed by atoms with E-state index in [1.807, 2.05) is 0 Å². The molecule has 1 unspecified atom stereocenters. The molecule has 0 aromatic rings. The maximum atomic E-state index is 12.6. The smallest absolute Gasteiger partial charge is 0.407 e. The van der Waals surface area contributed by atoms with Gasteiger partial charge in [-0.15, -0.1) is 0 Å². The highest BCUT2D eigenvalue weighted by molar-refractivity contribution is 5.67. The molecule has 3 saturated carbocycles. The summed E-state index contributed by atoms with van der Waals surface area (Å²) in [4.78, 5) is 12.6. The third kappa shape index (κ3) is 11.4. The molecule has 4 rings (SSSR count). The highest BCUT2D eigenvalue weighted by atomic mass is 16.6. The fraction of sp³-hybridized carbons (Fsp3) is 0.925. The highest BCUT2D eigenvalue weighted by Gasteiger charge is 2.59. The second kappa shape index (κ2) is 20.1. The molecule has 0 heterocycles. The van der Waals surface area contributed by atoms with Crippen LogP contribution in [0.15, 0.2) is 11.6 Å². The van der Waals surface area contributed by atoms with Crippen LogP contribution in [0.3, 0.4) is 0 Å². The minimum absolute atomic E-state index is 0.0312. The highest BCUT2D eigenvalue weighted by Crippen LogP contribution is 2.67. The number of rotatable bonds is 22. The summed E-state index contributed by atoms with van der Waals surface area (Å²) in [6, 6.07) is 0. The molecular formula is C40H71NO8. The van der Waals surface area contributed by atoms with Crippen molar-refractivity contribution in [3.8, 4) is 0 Å². The van der Waals surface area contributed by atoms with Crippen LogP contribution in [0.4, 0.5) is 4.79 Å². The largest absolute Gasteiger partial charge is 0.446 e. The quantitative estimate of drug-likeness (QED) is 0.0826. The number of nitrogens with one attached hydrogen (secondary N) is 1. The molecule has 1 amide bonds. The monoisotopic (exact) mass is 694 g/mol. The number of hydrogen-bond donors (Lipinski definition) is 3. The molecule has 0 aromatic heterocycles. The normalized spacial score (nSPS) is 32.2. The number of ether oxygens (including phenoxy) is 5. The first kappa shape index (κ1) is 40.5. The Bertz CT molecular complexity index is 1010. The molecule has 0 aliphatic heterocycles. The van der Waals surface area contributed by atoms with Gasteiger partial charge in [-0.1, -0.05) is 65.5 Å². The van der Waals surface area contributed by atoms with Crippen LogP contribution in [0, 0.1) is 46.3 Å². The molecular weight excluding hydrogens is 622 g/mol. The summed E-state index contributed by atoms with van der Waals surface area (Å²) in [5.74, 6) is 5.01. The number of aliphatic hydroxyl groups excluding tert-OH is 2. The lowest BCUT2D eigenvalue weighted by Gasteiger charge is -2.58. The molecule has 0 saturated heterocycles. The number of carbonyl (C=O) groups excluding carboxylic acids is 1. The minimum Gasteiger partial charge on any atom is -0.446 e. The van der Waals surface area contributed by atoms with Crippen LogP contribution in [0.2, 0.25) is 0 Å². The summed E-state index contributed by atoms with van der Waals surface area (Å²) < 4.78 is 27.6. The van der Waals surface area contributed by atoms with E-state index in [0.29, 0.717) is 58.2 Å². The van der Waals surface area contributed by atoms with E-state index < -0.39 is 6.10 Å². The summed E-state index contributed by atoms with van der Waals surface area (Å²) in [5, 5.41) is 20.8. The van der Waals surface area contributed by atoms with Crippen molar-refractivity contribution in [2.75, 3.05) is 66.0 Å². The van der Waals surface area contributed by atoms with E-state index in [1.165, 1.54) is 51.4 Å². The maximum Gasteiger partial charge on any atom is 0.407 e.